The molecule has 1 unspecified atom stereocenters. The standard InChI is InChI=1S/C16H32NO3P/c1-3-4-7-13-19-21(2,18)20-14-15-9-8-12-17-11-6-5-10-16(15)17/h15-16H,3-14H2,1-2H3/p+1/t15-,16-,21+/m1/s1. The maximum Gasteiger partial charge on any atom is 0.327 e. The lowest BCUT2D eigenvalue weighted by Gasteiger charge is -2.41. The summed E-state index contributed by atoms with van der Waals surface area (Å²) in [6.07, 6.45) is 9.80. The smallest absolute Gasteiger partial charge is 0.327 e. The van der Waals surface area contributed by atoms with E-state index in [1.165, 1.54) is 45.2 Å². The van der Waals surface area contributed by atoms with Crippen LogP contribution in [0.5, 0.6) is 0 Å². The van der Waals surface area contributed by atoms with Crippen LogP contribution in [0.15, 0.2) is 0 Å². The molecule has 0 aromatic carbocycles. The van der Waals surface area contributed by atoms with E-state index in [0.717, 1.165) is 25.3 Å². The van der Waals surface area contributed by atoms with E-state index >= 15 is 0 Å². The Kier molecular flexibility index (Phi) is 7.21. The zero-order valence-corrected chi connectivity index (χ0v) is 14.7. The molecule has 2 heterocycles. The molecule has 0 aromatic rings. The summed E-state index contributed by atoms with van der Waals surface area (Å²) in [5, 5.41) is 0. The Morgan fingerprint density at radius 3 is 2.71 bits per heavy atom. The van der Waals surface area contributed by atoms with Crippen molar-refractivity contribution >= 4 is 7.60 Å². The van der Waals surface area contributed by atoms with Gasteiger partial charge in [0.15, 0.2) is 0 Å². The van der Waals surface area contributed by atoms with Gasteiger partial charge in [0.05, 0.1) is 32.3 Å². The third-order valence-corrected chi connectivity index (χ3v) is 6.30. The first kappa shape index (κ1) is 17.5. The third kappa shape index (κ3) is 5.67. The first-order valence-electron chi connectivity index (χ1n) is 8.83. The number of unbranched alkanes of at least 4 members (excludes halogenated alkanes) is 2. The second kappa shape index (κ2) is 8.67. The van der Waals surface area contributed by atoms with Crippen LogP contribution in [0, 0.1) is 5.92 Å². The van der Waals surface area contributed by atoms with Crippen LogP contribution in [-0.4, -0.2) is 39.0 Å². The van der Waals surface area contributed by atoms with Crippen LogP contribution in [-0.2, 0) is 13.6 Å². The van der Waals surface area contributed by atoms with Gasteiger partial charge in [-0.25, -0.2) is 0 Å². The normalized spacial score (nSPS) is 32.4. The molecule has 0 radical (unpaired) electrons. The van der Waals surface area contributed by atoms with Gasteiger partial charge in [-0.3, -0.25) is 4.57 Å². The highest BCUT2D eigenvalue weighted by Crippen LogP contribution is 2.45. The quantitative estimate of drug-likeness (QED) is 0.552. The Labute approximate surface area is 130 Å². The molecule has 5 heteroatoms. The van der Waals surface area contributed by atoms with Crippen LogP contribution in [0.25, 0.3) is 0 Å². The number of quaternary nitrogens is 1. The molecule has 2 fully saturated rings. The maximum atomic E-state index is 12.3. The summed E-state index contributed by atoms with van der Waals surface area (Å²) in [5.74, 6) is 0.571. The predicted molar refractivity (Wildman–Crippen MR) is 86.0 cm³/mol. The lowest BCUT2D eigenvalue weighted by atomic mass is 9.84. The summed E-state index contributed by atoms with van der Waals surface area (Å²) >= 11 is 0. The molecule has 2 saturated heterocycles. The van der Waals surface area contributed by atoms with Crippen molar-refractivity contribution in [2.45, 2.75) is 64.3 Å². The van der Waals surface area contributed by atoms with E-state index in [2.05, 4.69) is 6.92 Å². The second-order valence-electron chi connectivity index (χ2n) is 6.77. The zero-order chi connectivity index (χ0) is 15.1. The summed E-state index contributed by atoms with van der Waals surface area (Å²) in [6, 6.07) is 0.729. The average molecular weight is 318 g/mol. The van der Waals surface area contributed by atoms with Gasteiger partial charge in [0, 0.05) is 12.6 Å². The van der Waals surface area contributed by atoms with Crippen LogP contribution in [0.1, 0.15) is 58.3 Å². The van der Waals surface area contributed by atoms with Crippen molar-refractivity contribution < 1.29 is 18.5 Å². The molecule has 0 saturated carbocycles. The highest BCUT2D eigenvalue weighted by atomic mass is 31.2. The van der Waals surface area contributed by atoms with Crippen LogP contribution in [0.4, 0.5) is 0 Å². The summed E-state index contributed by atoms with van der Waals surface area (Å²) in [5.41, 5.74) is 0. The minimum Gasteiger partial charge on any atom is -0.332 e. The van der Waals surface area contributed by atoms with Crippen LogP contribution >= 0.6 is 7.60 Å². The van der Waals surface area contributed by atoms with Crippen LogP contribution in [0.3, 0.4) is 0 Å². The Morgan fingerprint density at radius 1 is 1.10 bits per heavy atom. The molecule has 0 bridgehead atoms. The minimum absolute atomic E-state index is 0.563. The molecule has 2 aliphatic rings. The van der Waals surface area contributed by atoms with Crippen molar-refractivity contribution in [3.05, 3.63) is 0 Å². The Hall–Kier alpha value is 0.110. The van der Waals surface area contributed by atoms with E-state index in [4.69, 9.17) is 9.05 Å². The third-order valence-electron chi connectivity index (χ3n) is 5.03. The van der Waals surface area contributed by atoms with Gasteiger partial charge < -0.3 is 13.9 Å². The Balaban J connectivity index is 1.74. The van der Waals surface area contributed by atoms with Gasteiger partial charge >= 0.3 is 7.60 Å². The summed E-state index contributed by atoms with van der Waals surface area (Å²) < 4.78 is 23.5. The summed E-state index contributed by atoms with van der Waals surface area (Å²) in [6.45, 7) is 7.61. The Bertz CT molecular complexity index is 348. The fraction of sp³-hybridized carbons (Fsp3) is 1.00. The van der Waals surface area contributed by atoms with Crippen molar-refractivity contribution in [1.82, 2.24) is 0 Å². The van der Waals surface area contributed by atoms with E-state index in [1.54, 1.807) is 11.6 Å². The van der Waals surface area contributed by atoms with Gasteiger partial charge in [-0.1, -0.05) is 19.8 Å². The van der Waals surface area contributed by atoms with Crippen molar-refractivity contribution in [3.63, 3.8) is 0 Å². The molecule has 0 amide bonds. The molecule has 124 valence electrons. The van der Waals surface area contributed by atoms with Crippen molar-refractivity contribution in [2.24, 2.45) is 5.92 Å². The van der Waals surface area contributed by atoms with E-state index < -0.39 is 7.60 Å². The molecule has 2 rings (SSSR count). The molecule has 1 N–H and O–H groups in total. The SMILES string of the molecule is CCCCCO[P@](C)(=O)OC[C@H]1CCC[NH+]2CCCC[C@H]12. The molecule has 4 nitrogen and oxygen atoms in total. The summed E-state index contributed by atoms with van der Waals surface area (Å²) in [7, 11) is -2.86. The molecule has 4 atom stereocenters. The fourth-order valence-electron chi connectivity index (χ4n) is 3.83. The molecule has 0 aliphatic carbocycles. The first-order chi connectivity index (χ1) is 10.1. The predicted octanol–water partition coefficient (Wildman–Crippen LogP) is 2.88. The summed E-state index contributed by atoms with van der Waals surface area (Å²) in [4.78, 5) is 1.76. The number of hydrogen-bond acceptors (Lipinski definition) is 3. The largest absolute Gasteiger partial charge is 0.332 e. The average Bonchev–Trinajstić information content (AvgIpc) is 2.50. The number of nitrogens with one attached hydrogen (secondary N) is 1. The number of hydrogen-bond donors (Lipinski definition) is 1. The van der Waals surface area contributed by atoms with Crippen molar-refractivity contribution in [2.75, 3.05) is 33.0 Å². The van der Waals surface area contributed by atoms with E-state index in [1.807, 2.05) is 0 Å². The Morgan fingerprint density at radius 2 is 1.90 bits per heavy atom. The molecular weight excluding hydrogens is 285 g/mol. The highest BCUT2D eigenvalue weighted by Gasteiger charge is 2.37. The van der Waals surface area contributed by atoms with Crippen LogP contribution < -0.4 is 4.90 Å². The van der Waals surface area contributed by atoms with Gasteiger partial charge in [-0.2, -0.15) is 0 Å². The number of fused-ring (bicyclic) bond motifs is 1. The monoisotopic (exact) mass is 318 g/mol. The maximum absolute atomic E-state index is 12.3. The van der Waals surface area contributed by atoms with Gasteiger partial charge in [0.1, 0.15) is 0 Å². The lowest BCUT2D eigenvalue weighted by molar-refractivity contribution is -0.940. The minimum atomic E-state index is -2.86. The molecule has 0 spiro atoms. The molecule has 0 aromatic heterocycles. The van der Waals surface area contributed by atoms with E-state index in [9.17, 15) is 4.57 Å². The second-order valence-corrected chi connectivity index (χ2v) is 8.83. The highest BCUT2D eigenvalue weighted by molar-refractivity contribution is 7.52. The fourth-order valence-corrected chi connectivity index (χ4v) is 4.83. The van der Waals surface area contributed by atoms with Crippen molar-refractivity contribution in [1.29, 1.82) is 0 Å². The van der Waals surface area contributed by atoms with Gasteiger partial charge in [-0.15, -0.1) is 0 Å². The molecule has 2 aliphatic heterocycles. The molecular formula is C16H33NO3P+. The van der Waals surface area contributed by atoms with Crippen LogP contribution in [0.2, 0.25) is 0 Å². The zero-order valence-electron chi connectivity index (χ0n) is 13.8. The van der Waals surface area contributed by atoms with Gasteiger partial charge in [0.25, 0.3) is 0 Å². The molecule has 21 heavy (non-hydrogen) atoms. The van der Waals surface area contributed by atoms with Gasteiger partial charge in [-0.05, 0) is 38.5 Å². The first-order valence-corrected chi connectivity index (χ1v) is 10.8. The van der Waals surface area contributed by atoms with Crippen molar-refractivity contribution in [3.8, 4) is 0 Å². The number of rotatable bonds is 8. The number of piperidine rings is 2. The van der Waals surface area contributed by atoms with E-state index in [-0.39, 0.29) is 0 Å². The topological polar surface area (TPSA) is 40.0 Å². The van der Waals surface area contributed by atoms with E-state index in [0.29, 0.717) is 19.1 Å². The van der Waals surface area contributed by atoms with Gasteiger partial charge in [0.2, 0.25) is 0 Å². The lowest BCUT2D eigenvalue weighted by Crippen LogP contribution is -3.18.